The van der Waals surface area contributed by atoms with Crippen molar-refractivity contribution in [2.24, 2.45) is 5.92 Å². The molecule has 0 saturated carbocycles. The molecule has 1 unspecified atom stereocenters. The largest absolute Gasteiger partial charge is 0.311 e. The smallest absolute Gasteiger partial charge is 0.227 e. The van der Waals surface area contributed by atoms with E-state index < -0.39 is 0 Å². The van der Waals surface area contributed by atoms with Gasteiger partial charge in [0.15, 0.2) is 0 Å². The predicted octanol–water partition coefficient (Wildman–Crippen LogP) is 2.88. The second kappa shape index (κ2) is 4.96. The van der Waals surface area contributed by atoms with Crippen LogP contribution in [0.2, 0.25) is 0 Å². The number of carbonyl (C=O) groups is 1. The first kappa shape index (κ1) is 12.2. The van der Waals surface area contributed by atoms with Crippen molar-refractivity contribution in [2.45, 2.75) is 13.3 Å². The van der Waals surface area contributed by atoms with Crippen LogP contribution in [-0.2, 0) is 4.79 Å². The van der Waals surface area contributed by atoms with E-state index in [-0.39, 0.29) is 5.91 Å². The van der Waals surface area contributed by atoms with Gasteiger partial charge in [-0.05, 0) is 52.8 Å². The monoisotopic (exact) mass is 347 g/mol. The fraction of sp³-hybridized carbons (Fsp3) is 0.417. The second-order valence-corrected chi connectivity index (χ2v) is 5.61. The Bertz CT molecular complexity index is 421. The Balaban J connectivity index is 2.31. The molecule has 1 saturated heterocycles. The van der Waals surface area contributed by atoms with E-state index in [0.717, 1.165) is 18.0 Å². The lowest BCUT2D eigenvalue weighted by Crippen LogP contribution is -2.25. The molecule has 0 bridgehead atoms. The van der Waals surface area contributed by atoms with Crippen molar-refractivity contribution in [1.82, 2.24) is 0 Å². The molecule has 0 N–H and O–H groups in total. The minimum absolute atomic E-state index is 0.225. The van der Waals surface area contributed by atoms with Crippen molar-refractivity contribution in [3.05, 3.63) is 27.3 Å². The van der Waals surface area contributed by atoms with Crippen LogP contribution in [0.5, 0.6) is 0 Å². The zero-order valence-corrected chi connectivity index (χ0v) is 12.2. The molecule has 0 radical (unpaired) electrons. The average Bonchev–Trinajstić information content (AvgIpc) is 2.64. The third-order valence-corrected chi connectivity index (χ3v) is 4.85. The van der Waals surface area contributed by atoms with Gasteiger partial charge in [0.2, 0.25) is 5.91 Å². The van der Waals surface area contributed by atoms with E-state index in [2.05, 4.69) is 48.2 Å². The average molecular weight is 347 g/mol. The van der Waals surface area contributed by atoms with Crippen molar-refractivity contribution in [3.63, 3.8) is 0 Å². The van der Waals surface area contributed by atoms with E-state index in [1.807, 2.05) is 17.0 Å². The Morgan fingerprint density at radius 1 is 1.56 bits per heavy atom. The lowest BCUT2D eigenvalue weighted by Gasteiger charge is -2.19. The summed E-state index contributed by atoms with van der Waals surface area (Å²) >= 11 is 6.59. The van der Waals surface area contributed by atoms with Crippen LogP contribution < -0.4 is 4.90 Å². The van der Waals surface area contributed by atoms with Gasteiger partial charge in [0.25, 0.3) is 0 Å². The molecule has 0 aromatic heterocycles. The van der Waals surface area contributed by atoms with Crippen LogP contribution in [0.1, 0.15) is 12.0 Å². The lowest BCUT2D eigenvalue weighted by molar-refractivity contribution is -0.117. The molecule has 1 aliphatic heterocycles. The van der Waals surface area contributed by atoms with Gasteiger partial charge in [-0.2, -0.15) is 12.6 Å². The van der Waals surface area contributed by atoms with Gasteiger partial charge in [0.05, 0.1) is 5.69 Å². The van der Waals surface area contributed by atoms with Crippen molar-refractivity contribution >= 4 is 46.8 Å². The van der Waals surface area contributed by atoms with Crippen molar-refractivity contribution in [3.8, 4) is 0 Å². The number of carbonyl (C=O) groups excluding carboxylic acids is 1. The second-order valence-electron chi connectivity index (χ2n) is 4.17. The summed E-state index contributed by atoms with van der Waals surface area (Å²) in [5.74, 6) is 1.40. The molecule has 1 heterocycles. The zero-order valence-electron chi connectivity index (χ0n) is 9.11. The first-order valence-corrected chi connectivity index (χ1v) is 7.01. The van der Waals surface area contributed by atoms with Crippen LogP contribution in [0.4, 0.5) is 5.69 Å². The molecular formula is C12H14INOS. The maximum atomic E-state index is 11.9. The maximum Gasteiger partial charge on any atom is 0.227 e. The number of amides is 1. The highest BCUT2D eigenvalue weighted by Gasteiger charge is 2.30. The summed E-state index contributed by atoms with van der Waals surface area (Å²) in [7, 11) is 0. The summed E-state index contributed by atoms with van der Waals surface area (Å²) in [6, 6.07) is 6.10. The summed E-state index contributed by atoms with van der Waals surface area (Å²) in [6.07, 6.45) is 0.632. The molecule has 2 rings (SSSR count). The van der Waals surface area contributed by atoms with Crippen molar-refractivity contribution in [1.29, 1.82) is 0 Å². The highest BCUT2D eigenvalue weighted by Crippen LogP contribution is 2.30. The molecule has 86 valence electrons. The number of halogens is 1. The molecule has 0 aliphatic carbocycles. The van der Waals surface area contributed by atoms with Gasteiger partial charge in [0.1, 0.15) is 0 Å². The van der Waals surface area contributed by atoms with E-state index in [4.69, 9.17) is 0 Å². The molecule has 16 heavy (non-hydrogen) atoms. The standard InChI is InChI=1S/C12H14INOS/c1-8-3-2-4-10(12(8)13)14-6-9(7-16)5-11(14)15/h2-4,9,16H,5-7H2,1H3. The van der Waals surface area contributed by atoms with Gasteiger partial charge < -0.3 is 4.90 Å². The topological polar surface area (TPSA) is 20.3 Å². The molecule has 1 atom stereocenters. The third kappa shape index (κ3) is 2.22. The molecule has 1 amide bonds. The van der Waals surface area contributed by atoms with Crippen molar-refractivity contribution in [2.75, 3.05) is 17.2 Å². The highest BCUT2D eigenvalue weighted by atomic mass is 127. The summed E-state index contributed by atoms with van der Waals surface area (Å²) in [5.41, 5.74) is 2.27. The van der Waals surface area contributed by atoms with Gasteiger partial charge in [-0.3, -0.25) is 4.79 Å². The summed E-state index contributed by atoms with van der Waals surface area (Å²) in [5, 5.41) is 0. The van der Waals surface area contributed by atoms with Crippen LogP contribution in [0.25, 0.3) is 0 Å². The number of anilines is 1. The molecule has 4 heteroatoms. The van der Waals surface area contributed by atoms with Crippen LogP contribution in [0.15, 0.2) is 18.2 Å². The van der Waals surface area contributed by atoms with Gasteiger partial charge in [-0.1, -0.05) is 12.1 Å². The predicted molar refractivity (Wildman–Crippen MR) is 78.2 cm³/mol. The number of rotatable bonds is 2. The molecular weight excluding hydrogens is 333 g/mol. The number of hydrogen-bond donors (Lipinski definition) is 1. The van der Waals surface area contributed by atoms with E-state index in [1.54, 1.807) is 0 Å². The molecule has 0 spiro atoms. The van der Waals surface area contributed by atoms with E-state index >= 15 is 0 Å². The third-order valence-electron chi connectivity index (χ3n) is 2.93. The van der Waals surface area contributed by atoms with Gasteiger partial charge in [-0.15, -0.1) is 0 Å². The van der Waals surface area contributed by atoms with E-state index in [9.17, 15) is 4.79 Å². The SMILES string of the molecule is Cc1cccc(N2CC(CS)CC2=O)c1I. The van der Waals surface area contributed by atoms with Crippen LogP contribution in [0.3, 0.4) is 0 Å². The van der Waals surface area contributed by atoms with Gasteiger partial charge in [-0.25, -0.2) is 0 Å². The quantitative estimate of drug-likeness (QED) is 0.644. The fourth-order valence-corrected chi connectivity index (χ4v) is 2.87. The molecule has 1 aromatic carbocycles. The van der Waals surface area contributed by atoms with Gasteiger partial charge in [0, 0.05) is 16.5 Å². The van der Waals surface area contributed by atoms with Crippen LogP contribution >= 0.6 is 35.2 Å². The van der Waals surface area contributed by atoms with E-state index in [0.29, 0.717) is 12.3 Å². The Hall–Kier alpha value is -0.230. The number of aryl methyl sites for hydroxylation is 1. The Kier molecular flexibility index (Phi) is 3.79. The first-order valence-electron chi connectivity index (χ1n) is 5.30. The highest BCUT2D eigenvalue weighted by molar-refractivity contribution is 14.1. The number of benzene rings is 1. The number of nitrogens with zero attached hydrogens (tertiary/aromatic N) is 1. The molecule has 1 aromatic rings. The zero-order chi connectivity index (χ0) is 11.7. The number of thiol groups is 1. The Morgan fingerprint density at radius 3 is 2.94 bits per heavy atom. The van der Waals surface area contributed by atoms with Crippen LogP contribution in [0, 0.1) is 16.4 Å². The summed E-state index contributed by atoms with van der Waals surface area (Å²) in [6.45, 7) is 2.88. The van der Waals surface area contributed by atoms with Crippen LogP contribution in [-0.4, -0.2) is 18.2 Å². The Labute approximate surface area is 115 Å². The minimum atomic E-state index is 0.225. The van der Waals surface area contributed by atoms with E-state index in [1.165, 1.54) is 9.13 Å². The lowest BCUT2D eigenvalue weighted by atomic mass is 10.1. The summed E-state index contributed by atoms with van der Waals surface area (Å²) in [4.78, 5) is 13.8. The normalized spacial score (nSPS) is 20.6. The Morgan fingerprint density at radius 2 is 2.31 bits per heavy atom. The van der Waals surface area contributed by atoms with Crippen molar-refractivity contribution < 1.29 is 4.79 Å². The maximum absolute atomic E-state index is 11.9. The van der Waals surface area contributed by atoms with Gasteiger partial charge >= 0.3 is 0 Å². The molecule has 1 fully saturated rings. The molecule has 1 aliphatic rings. The summed E-state index contributed by atoms with van der Waals surface area (Å²) < 4.78 is 1.17. The fourth-order valence-electron chi connectivity index (χ4n) is 1.98. The minimum Gasteiger partial charge on any atom is -0.311 e. The number of hydrogen-bond acceptors (Lipinski definition) is 2. The first-order chi connectivity index (χ1) is 7.63. The molecule has 2 nitrogen and oxygen atoms in total.